The summed E-state index contributed by atoms with van der Waals surface area (Å²) < 4.78 is 25.8. The predicted molar refractivity (Wildman–Crippen MR) is 71.3 cm³/mol. The topological polar surface area (TPSA) is 63.2 Å². The van der Waals surface area contributed by atoms with E-state index in [1.165, 1.54) is 0 Å². The Balaban J connectivity index is 2.75. The summed E-state index contributed by atoms with van der Waals surface area (Å²) in [6.07, 6.45) is 0.583. The van der Waals surface area contributed by atoms with E-state index in [1.54, 1.807) is 38.1 Å². The van der Waals surface area contributed by atoms with Gasteiger partial charge in [0.15, 0.2) is 0 Å². The maximum atomic E-state index is 11.8. The fourth-order valence-electron chi connectivity index (χ4n) is 1.27. The normalized spacial score (nSPS) is 12.2. The van der Waals surface area contributed by atoms with Crippen LogP contribution in [-0.2, 0) is 20.6 Å². The van der Waals surface area contributed by atoms with Crippen LogP contribution in [0.2, 0.25) is 0 Å². The van der Waals surface area contributed by atoms with Crippen molar-refractivity contribution in [2.45, 2.75) is 32.9 Å². The average molecular weight is 269 g/mol. The maximum Gasteiger partial charge on any atom is 0.239 e. The minimum atomic E-state index is -3.63. The van der Waals surface area contributed by atoms with Crippen LogP contribution in [0.25, 0.3) is 0 Å². The van der Waals surface area contributed by atoms with Crippen molar-refractivity contribution in [2.24, 2.45) is 5.41 Å². The van der Waals surface area contributed by atoms with Gasteiger partial charge in [-0.05, 0) is 12.0 Å². The van der Waals surface area contributed by atoms with Crippen LogP contribution in [-0.4, -0.2) is 14.3 Å². The van der Waals surface area contributed by atoms with Gasteiger partial charge in [-0.3, -0.25) is 9.52 Å². The lowest BCUT2D eigenvalue weighted by Gasteiger charge is -2.21. The molecule has 1 aromatic rings. The molecule has 1 aromatic carbocycles. The third kappa shape index (κ3) is 4.14. The fraction of sp³-hybridized carbons (Fsp3) is 0.462. The summed E-state index contributed by atoms with van der Waals surface area (Å²) in [5.41, 5.74) is -0.0175. The second-order valence-electron chi connectivity index (χ2n) is 4.91. The molecule has 0 aliphatic rings. The molecule has 1 N–H and O–H groups in total. The SMILES string of the molecule is CCC(C)(C)C(=O)NS(=O)(=O)Cc1ccccc1. The number of carbonyl (C=O) groups is 1. The minimum absolute atomic E-state index is 0.181. The Morgan fingerprint density at radius 1 is 1.22 bits per heavy atom. The van der Waals surface area contributed by atoms with Gasteiger partial charge < -0.3 is 0 Å². The highest BCUT2D eigenvalue weighted by Crippen LogP contribution is 2.20. The average Bonchev–Trinajstić information content (AvgIpc) is 2.29. The van der Waals surface area contributed by atoms with Crippen molar-refractivity contribution in [1.29, 1.82) is 0 Å². The zero-order chi connectivity index (χ0) is 13.8. The van der Waals surface area contributed by atoms with Gasteiger partial charge in [0.05, 0.1) is 5.75 Å². The van der Waals surface area contributed by atoms with Crippen LogP contribution in [0.5, 0.6) is 0 Å². The Morgan fingerprint density at radius 3 is 2.28 bits per heavy atom. The lowest BCUT2D eigenvalue weighted by atomic mass is 9.90. The van der Waals surface area contributed by atoms with Gasteiger partial charge in [0.25, 0.3) is 0 Å². The van der Waals surface area contributed by atoms with Crippen molar-refractivity contribution in [1.82, 2.24) is 4.72 Å². The number of benzene rings is 1. The molecule has 0 aromatic heterocycles. The van der Waals surface area contributed by atoms with E-state index < -0.39 is 21.3 Å². The molecule has 4 nitrogen and oxygen atoms in total. The van der Waals surface area contributed by atoms with Crippen LogP contribution < -0.4 is 4.72 Å². The van der Waals surface area contributed by atoms with Crippen LogP contribution in [0.15, 0.2) is 30.3 Å². The smallest absolute Gasteiger partial charge is 0.239 e. The zero-order valence-corrected chi connectivity index (χ0v) is 11.8. The molecule has 0 aliphatic heterocycles. The minimum Gasteiger partial charge on any atom is -0.273 e. The molecular formula is C13H19NO3S. The second-order valence-corrected chi connectivity index (χ2v) is 6.64. The molecule has 0 atom stereocenters. The van der Waals surface area contributed by atoms with Gasteiger partial charge in [-0.1, -0.05) is 51.1 Å². The number of hydrogen-bond donors (Lipinski definition) is 1. The first kappa shape index (κ1) is 14.7. The quantitative estimate of drug-likeness (QED) is 0.890. The first-order valence-corrected chi connectivity index (χ1v) is 7.51. The van der Waals surface area contributed by atoms with E-state index in [0.717, 1.165) is 0 Å². The molecule has 0 radical (unpaired) electrons. The monoisotopic (exact) mass is 269 g/mol. The zero-order valence-electron chi connectivity index (χ0n) is 10.9. The summed E-state index contributed by atoms with van der Waals surface area (Å²) in [5, 5.41) is 0. The first-order chi connectivity index (χ1) is 8.27. The van der Waals surface area contributed by atoms with Crippen LogP contribution in [0, 0.1) is 5.41 Å². The third-order valence-corrected chi connectivity index (χ3v) is 4.16. The van der Waals surface area contributed by atoms with Gasteiger partial charge in [0, 0.05) is 5.41 Å². The van der Waals surface area contributed by atoms with Crippen LogP contribution in [0.1, 0.15) is 32.8 Å². The van der Waals surface area contributed by atoms with Crippen molar-refractivity contribution < 1.29 is 13.2 Å². The molecule has 5 heteroatoms. The number of sulfonamides is 1. The van der Waals surface area contributed by atoms with Gasteiger partial charge >= 0.3 is 0 Å². The number of rotatable bonds is 5. The summed E-state index contributed by atoms with van der Waals surface area (Å²) in [5.74, 6) is -0.639. The first-order valence-electron chi connectivity index (χ1n) is 5.86. The van der Waals surface area contributed by atoms with Gasteiger partial charge in [-0.2, -0.15) is 0 Å². The van der Waals surface area contributed by atoms with Crippen molar-refractivity contribution in [3.63, 3.8) is 0 Å². The fourth-order valence-corrected chi connectivity index (χ4v) is 2.53. The highest BCUT2D eigenvalue weighted by molar-refractivity contribution is 7.89. The Labute approximate surface area is 108 Å². The molecule has 0 bridgehead atoms. The molecule has 0 saturated carbocycles. The van der Waals surface area contributed by atoms with Crippen molar-refractivity contribution >= 4 is 15.9 Å². The second kappa shape index (κ2) is 5.52. The highest BCUT2D eigenvalue weighted by Gasteiger charge is 2.28. The molecule has 0 spiro atoms. The number of amides is 1. The van der Waals surface area contributed by atoms with E-state index in [4.69, 9.17) is 0 Å². The summed E-state index contributed by atoms with van der Waals surface area (Å²) in [6, 6.07) is 8.78. The van der Waals surface area contributed by atoms with E-state index in [0.29, 0.717) is 12.0 Å². The molecule has 1 rings (SSSR count). The van der Waals surface area contributed by atoms with Gasteiger partial charge in [0.1, 0.15) is 0 Å². The van der Waals surface area contributed by atoms with E-state index >= 15 is 0 Å². The van der Waals surface area contributed by atoms with E-state index in [-0.39, 0.29) is 5.75 Å². The standard InChI is InChI=1S/C13H19NO3S/c1-4-13(2,3)12(15)14-18(16,17)10-11-8-6-5-7-9-11/h5-9H,4,10H2,1-3H3,(H,14,15). The lowest BCUT2D eigenvalue weighted by molar-refractivity contribution is -0.127. The third-order valence-electron chi connectivity index (χ3n) is 2.95. The van der Waals surface area contributed by atoms with E-state index in [9.17, 15) is 13.2 Å². The number of nitrogens with one attached hydrogen (secondary N) is 1. The summed E-state index contributed by atoms with van der Waals surface area (Å²) in [4.78, 5) is 11.8. The Morgan fingerprint density at radius 2 is 1.78 bits per heavy atom. The predicted octanol–water partition coefficient (Wildman–Crippen LogP) is 2.07. The van der Waals surface area contributed by atoms with E-state index in [2.05, 4.69) is 4.72 Å². The number of hydrogen-bond acceptors (Lipinski definition) is 3. The Bertz CT molecular complexity index is 506. The molecule has 0 unspecified atom stereocenters. The van der Waals surface area contributed by atoms with Gasteiger partial charge in [-0.25, -0.2) is 8.42 Å². The van der Waals surface area contributed by atoms with E-state index in [1.807, 2.05) is 13.0 Å². The van der Waals surface area contributed by atoms with Crippen molar-refractivity contribution in [3.05, 3.63) is 35.9 Å². The summed E-state index contributed by atoms with van der Waals surface area (Å²) >= 11 is 0. The van der Waals surface area contributed by atoms with Gasteiger partial charge in [-0.15, -0.1) is 0 Å². The van der Waals surface area contributed by atoms with Crippen molar-refractivity contribution in [2.75, 3.05) is 0 Å². The lowest BCUT2D eigenvalue weighted by Crippen LogP contribution is -2.40. The molecule has 100 valence electrons. The molecule has 0 saturated heterocycles. The number of carbonyl (C=O) groups excluding carboxylic acids is 1. The molecule has 0 fully saturated rings. The highest BCUT2D eigenvalue weighted by atomic mass is 32.2. The van der Waals surface area contributed by atoms with Crippen LogP contribution in [0.3, 0.4) is 0 Å². The van der Waals surface area contributed by atoms with Crippen LogP contribution >= 0.6 is 0 Å². The molecule has 18 heavy (non-hydrogen) atoms. The molecule has 0 heterocycles. The Hall–Kier alpha value is -1.36. The Kier molecular flexibility index (Phi) is 4.51. The molecule has 1 amide bonds. The summed E-state index contributed by atoms with van der Waals surface area (Å²) in [7, 11) is -3.63. The molecule has 0 aliphatic carbocycles. The van der Waals surface area contributed by atoms with Crippen LogP contribution in [0.4, 0.5) is 0 Å². The summed E-state index contributed by atoms with van der Waals surface area (Å²) in [6.45, 7) is 5.30. The van der Waals surface area contributed by atoms with Crippen molar-refractivity contribution in [3.8, 4) is 0 Å². The van der Waals surface area contributed by atoms with Gasteiger partial charge in [0.2, 0.25) is 15.9 Å². The maximum absolute atomic E-state index is 11.8. The largest absolute Gasteiger partial charge is 0.273 e. The molecular weight excluding hydrogens is 250 g/mol.